The van der Waals surface area contributed by atoms with Gasteiger partial charge in [0.15, 0.2) is 0 Å². The van der Waals surface area contributed by atoms with Crippen LogP contribution in [0.2, 0.25) is 0 Å². The van der Waals surface area contributed by atoms with E-state index in [1.165, 1.54) is 25.7 Å². The van der Waals surface area contributed by atoms with E-state index in [1.807, 2.05) is 0 Å². The first-order valence-corrected chi connectivity index (χ1v) is 4.01. The van der Waals surface area contributed by atoms with Gasteiger partial charge < -0.3 is 4.74 Å². The Morgan fingerprint density at radius 3 is 2.89 bits per heavy atom. The SMILES string of the molecule is CCC1CCCC12CO2. The van der Waals surface area contributed by atoms with Gasteiger partial charge in [-0.05, 0) is 18.8 Å². The third-order valence-corrected chi connectivity index (χ3v) is 2.90. The Kier molecular flexibility index (Phi) is 1.10. The smallest absolute Gasteiger partial charge is 0.0944 e. The Bertz CT molecular complexity index is 116. The second-order valence-corrected chi connectivity index (χ2v) is 3.35. The number of hydrogen-bond donors (Lipinski definition) is 0. The van der Waals surface area contributed by atoms with Crippen LogP contribution in [-0.4, -0.2) is 12.2 Å². The van der Waals surface area contributed by atoms with Crippen LogP contribution in [0.3, 0.4) is 0 Å². The molecule has 1 heteroatoms. The predicted octanol–water partition coefficient (Wildman–Crippen LogP) is 1.97. The molecule has 1 saturated carbocycles. The summed E-state index contributed by atoms with van der Waals surface area (Å²) in [6.07, 6.45) is 5.47. The van der Waals surface area contributed by atoms with Crippen LogP contribution in [0.1, 0.15) is 32.6 Å². The van der Waals surface area contributed by atoms with Gasteiger partial charge in [0.2, 0.25) is 0 Å². The Hall–Kier alpha value is -0.0400. The second-order valence-electron chi connectivity index (χ2n) is 3.35. The molecule has 0 aromatic heterocycles. The molecule has 52 valence electrons. The number of rotatable bonds is 1. The second kappa shape index (κ2) is 1.72. The van der Waals surface area contributed by atoms with Gasteiger partial charge in [0.25, 0.3) is 0 Å². The fourth-order valence-corrected chi connectivity index (χ4v) is 2.16. The molecule has 0 aromatic carbocycles. The van der Waals surface area contributed by atoms with Crippen molar-refractivity contribution >= 4 is 0 Å². The molecule has 0 amide bonds. The lowest BCUT2D eigenvalue weighted by atomic mass is 9.95. The van der Waals surface area contributed by atoms with E-state index in [1.54, 1.807) is 0 Å². The third kappa shape index (κ3) is 0.710. The largest absolute Gasteiger partial charge is 0.369 e. The van der Waals surface area contributed by atoms with Gasteiger partial charge in [-0.25, -0.2) is 0 Å². The summed E-state index contributed by atoms with van der Waals surface area (Å²) in [5, 5.41) is 0. The van der Waals surface area contributed by atoms with E-state index >= 15 is 0 Å². The van der Waals surface area contributed by atoms with Crippen LogP contribution in [0.5, 0.6) is 0 Å². The lowest BCUT2D eigenvalue weighted by Crippen LogP contribution is -2.15. The molecule has 2 fully saturated rings. The summed E-state index contributed by atoms with van der Waals surface area (Å²) < 4.78 is 5.46. The van der Waals surface area contributed by atoms with Crippen LogP contribution >= 0.6 is 0 Å². The van der Waals surface area contributed by atoms with E-state index in [0.717, 1.165) is 12.5 Å². The minimum Gasteiger partial charge on any atom is -0.369 e. The maximum Gasteiger partial charge on any atom is 0.0944 e. The fraction of sp³-hybridized carbons (Fsp3) is 1.00. The number of epoxide rings is 1. The standard InChI is InChI=1S/C8H14O/c1-2-7-4-3-5-8(7)6-9-8/h7H,2-6H2,1H3. The predicted molar refractivity (Wildman–Crippen MR) is 36.3 cm³/mol. The van der Waals surface area contributed by atoms with Crippen LogP contribution in [-0.2, 0) is 4.74 Å². The molecule has 1 spiro atoms. The molecule has 2 unspecified atom stereocenters. The van der Waals surface area contributed by atoms with Crippen LogP contribution in [0.4, 0.5) is 0 Å². The summed E-state index contributed by atoms with van der Waals surface area (Å²) in [4.78, 5) is 0. The van der Waals surface area contributed by atoms with Gasteiger partial charge in [-0.1, -0.05) is 19.8 Å². The lowest BCUT2D eigenvalue weighted by Gasteiger charge is -2.10. The summed E-state index contributed by atoms with van der Waals surface area (Å²) in [7, 11) is 0. The summed E-state index contributed by atoms with van der Waals surface area (Å²) in [5.41, 5.74) is 0.411. The summed E-state index contributed by atoms with van der Waals surface area (Å²) in [6.45, 7) is 3.34. The van der Waals surface area contributed by atoms with E-state index in [4.69, 9.17) is 4.74 Å². The summed E-state index contributed by atoms with van der Waals surface area (Å²) in [5.74, 6) is 0.900. The minimum absolute atomic E-state index is 0.411. The van der Waals surface area contributed by atoms with E-state index in [9.17, 15) is 0 Å². The van der Waals surface area contributed by atoms with Crippen LogP contribution < -0.4 is 0 Å². The molecule has 1 heterocycles. The molecule has 1 aliphatic heterocycles. The van der Waals surface area contributed by atoms with Crippen molar-refractivity contribution in [1.29, 1.82) is 0 Å². The Balaban J connectivity index is 2.05. The van der Waals surface area contributed by atoms with Gasteiger partial charge in [0.05, 0.1) is 12.2 Å². The molecule has 2 atom stereocenters. The van der Waals surface area contributed by atoms with Gasteiger partial charge in [0, 0.05) is 0 Å². The molecule has 9 heavy (non-hydrogen) atoms. The zero-order valence-corrected chi connectivity index (χ0v) is 6.02. The summed E-state index contributed by atoms with van der Waals surface area (Å²) in [6, 6.07) is 0. The molecular weight excluding hydrogens is 112 g/mol. The maximum absolute atomic E-state index is 5.46. The van der Waals surface area contributed by atoms with Gasteiger partial charge in [-0.15, -0.1) is 0 Å². The highest BCUT2D eigenvalue weighted by Crippen LogP contribution is 2.49. The number of ether oxygens (including phenoxy) is 1. The Labute approximate surface area is 56.4 Å². The van der Waals surface area contributed by atoms with E-state index in [0.29, 0.717) is 5.60 Å². The molecule has 0 radical (unpaired) electrons. The van der Waals surface area contributed by atoms with Crippen molar-refractivity contribution in [2.75, 3.05) is 6.61 Å². The van der Waals surface area contributed by atoms with Crippen molar-refractivity contribution in [2.24, 2.45) is 5.92 Å². The van der Waals surface area contributed by atoms with Crippen LogP contribution in [0.15, 0.2) is 0 Å². The van der Waals surface area contributed by atoms with Crippen molar-refractivity contribution in [2.45, 2.75) is 38.2 Å². The first-order chi connectivity index (χ1) is 4.37. The van der Waals surface area contributed by atoms with Crippen molar-refractivity contribution in [3.05, 3.63) is 0 Å². The zero-order valence-electron chi connectivity index (χ0n) is 6.02. The minimum atomic E-state index is 0.411. The molecule has 0 N–H and O–H groups in total. The maximum atomic E-state index is 5.46. The van der Waals surface area contributed by atoms with Crippen molar-refractivity contribution in [3.63, 3.8) is 0 Å². The topological polar surface area (TPSA) is 12.5 Å². The van der Waals surface area contributed by atoms with E-state index in [2.05, 4.69) is 6.92 Å². The molecule has 2 aliphatic rings. The van der Waals surface area contributed by atoms with Gasteiger partial charge in [-0.3, -0.25) is 0 Å². The molecule has 1 saturated heterocycles. The first kappa shape index (κ1) is 5.72. The fourth-order valence-electron chi connectivity index (χ4n) is 2.16. The molecule has 0 aromatic rings. The van der Waals surface area contributed by atoms with Gasteiger partial charge >= 0.3 is 0 Å². The quantitative estimate of drug-likeness (QED) is 0.489. The normalized spacial score (nSPS) is 48.3. The zero-order chi connectivity index (χ0) is 6.32. The van der Waals surface area contributed by atoms with Crippen LogP contribution in [0, 0.1) is 5.92 Å². The highest BCUT2D eigenvalue weighted by atomic mass is 16.6. The van der Waals surface area contributed by atoms with Gasteiger partial charge in [-0.2, -0.15) is 0 Å². The Morgan fingerprint density at radius 1 is 1.67 bits per heavy atom. The van der Waals surface area contributed by atoms with Crippen LogP contribution in [0.25, 0.3) is 0 Å². The molecule has 1 aliphatic carbocycles. The van der Waals surface area contributed by atoms with Crippen molar-refractivity contribution in [1.82, 2.24) is 0 Å². The van der Waals surface area contributed by atoms with E-state index in [-0.39, 0.29) is 0 Å². The summed E-state index contributed by atoms with van der Waals surface area (Å²) >= 11 is 0. The monoisotopic (exact) mass is 126 g/mol. The van der Waals surface area contributed by atoms with Crippen molar-refractivity contribution in [3.8, 4) is 0 Å². The molecule has 1 nitrogen and oxygen atoms in total. The highest BCUT2D eigenvalue weighted by Gasteiger charge is 2.52. The first-order valence-electron chi connectivity index (χ1n) is 4.01. The third-order valence-electron chi connectivity index (χ3n) is 2.90. The number of hydrogen-bond acceptors (Lipinski definition) is 1. The van der Waals surface area contributed by atoms with Crippen molar-refractivity contribution < 1.29 is 4.74 Å². The average molecular weight is 126 g/mol. The molecule has 2 rings (SSSR count). The lowest BCUT2D eigenvalue weighted by molar-refractivity contribution is 0.242. The highest BCUT2D eigenvalue weighted by molar-refractivity contribution is 5.01. The molecule has 0 bridgehead atoms. The van der Waals surface area contributed by atoms with Gasteiger partial charge in [0.1, 0.15) is 0 Å². The van der Waals surface area contributed by atoms with E-state index < -0.39 is 0 Å². The Morgan fingerprint density at radius 2 is 2.44 bits per heavy atom. The molecular formula is C8H14O. The average Bonchev–Trinajstić information content (AvgIpc) is 2.45.